The van der Waals surface area contributed by atoms with Crippen LogP contribution in [0.5, 0.6) is 11.5 Å². The van der Waals surface area contributed by atoms with Crippen LogP contribution in [0.3, 0.4) is 0 Å². The summed E-state index contributed by atoms with van der Waals surface area (Å²) in [4.78, 5) is 3.35. The van der Waals surface area contributed by atoms with Crippen molar-refractivity contribution in [3.8, 4) is 11.5 Å². The number of nitrogens with zero attached hydrogens (tertiary/aromatic N) is 1. The Morgan fingerprint density at radius 2 is 2.08 bits per heavy atom. The lowest BCUT2D eigenvalue weighted by Gasteiger charge is -2.10. The summed E-state index contributed by atoms with van der Waals surface area (Å²) in [5.41, 5.74) is 5.03. The summed E-state index contributed by atoms with van der Waals surface area (Å²) in [6.07, 6.45) is -3.86. The van der Waals surface area contributed by atoms with E-state index in [9.17, 15) is 13.2 Å². The van der Waals surface area contributed by atoms with Gasteiger partial charge in [-0.2, -0.15) is 0 Å². The van der Waals surface area contributed by atoms with Crippen molar-refractivity contribution >= 4 is 5.82 Å². The fourth-order valence-electron chi connectivity index (χ4n) is 0.659. The first-order valence-corrected chi connectivity index (χ1v) is 3.09. The first-order chi connectivity index (χ1) is 5.90. The zero-order valence-corrected chi connectivity index (χ0v) is 6.17. The van der Waals surface area contributed by atoms with E-state index in [1.807, 2.05) is 0 Å². The molecular weight excluding hydrogens is 189 g/mol. The molecule has 0 aromatic carbocycles. The van der Waals surface area contributed by atoms with Crippen molar-refractivity contribution in [3.05, 3.63) is 12.3 Å². The topological polar surface area (TPSA) is 68.4 Å². The monoisotopic (exact) mass is 194 g/mol. The van der Waals surface area contributed by atoms with Gasteiger partial charge in [0.25, 0.3) is 0 Å². The van der Waals surface area contributed by atoms with E-state index in [1.54, 1.807) is 0 Å². The van der Waals surface area contributed by atoms with Gasteiger partial charge in [-0.1, -0.05) is 0 Å². The number of aromatic hydroxyl groups is 1. The van der Waals surface area contributed by atoms with Crippen LogP contribution in [0, 0.1) is 0 Å². The predicted octanol–water partition coefficient (Wildman–Crippen LogP) is 1.27. The summed E-state index contributed by atoms with van der Waals surface area (Å²) in [7, 11) is 0. The Morgan fingerprint density at radius 3 is 2.62 bits per heavy atom. The normalized spacial score (nSPS) is 11.3. The third-order valence-electron chi connectivity index (χ3n) is 1.14. The first kappa shape index (κ1) is 9.43. The van der Waals surface area contributed by atoms with Gasteiger partial charge < -0.3 is 15.6 Å². The Balaban J connectivity index is 2.96. The van der Waals surface area contributed by atoms with Crippen molar-refractivity contribution in [2.24, 2.45) is 0 Å². The number of nitrogens with two attached hydrogens (primary N) is 1. The molecule has 0 aliphatic heterocycles. The number of hydrogen-bond acceptors (Lipinski definition) is 4. The third-order valence-corrected chi connectivity index (χ3v) is 1.14. The lowest BCUT2D eigenvalue weighted by Crippen LogP contribution is -2.17. The SMILES string of the molecule is Nc1nccc(OC(F)(F)F)c1O. The summed E-state index contributed by atoms with van der Waals surface area (Å²) in [6.45, 7) is 0. The Bertz CT molecular complexity index is 313. The van der Waals surface area contributed by atoms with Crippen molar-refractivity contribution in [2.75, 3.05) is 5.73 Å². The number of halogens is 3. The molecule has 0 atom stereocenters. The van der Waals surface area contributed by atoms with E-state index in [0.717, 1.165) is 12.3 Å². The number of anilines is 1. The maximum absolute atomic E-state index is 11.7. The van der Waals surface area contributed by atoms with Crippen LogP contribution < -0.4 is 10.5 Å². The van der Waals surface area contributed by atoms with Crippen LogP contribution in [-0.4, -0.2) is 16.5 Å². The molecule has 13 heavy (non-hydrogen) atoms. The molecule has 1 aromatic heterocycles. The van der Waals surface area contributed by atoms with Gasteiger partial charge in [0.1, 0.15) is 0 Å². The number of ether oxygens (including phenoxy) is 1. The van der Waals surface area contributed by atoms with Crippen LogP contribution in [0.15, 0.2) is 12.3 Å². The zero-order valence-electron chi connectivity index (χ0n) is 6.17. The molecule has 0 spiro atoms. The van der Waals surface area contributed by atoms with E-state index < -0.39 is 23.7 Å². The van der Waals surface area contributed by atoms with Gasteiger partial charge in [0.2, 0.25) is 5.75 Å². The molecule has 72 valence electrons. The molecule has 0 aliphatic rings. The standard InChI is InChI=1S/C6H5F3N2O2/c7-6(8,9)13-3-1-2-11-5(10)4(3)12/h1-2,12H,(H2,10,11). The molecule has 3 N–H and O–H groups in total. The van der Waals surface area contributed by atoms with E-state index in [4.69, 9.17) is 10.8 Å². The van der Waals surface area contributed by atoms with E-state index in [1.165, 1.54) is 0 Å². The van der Waals surface area contributed by atoms with Crippen LogP contribution in [-0.2, 0) is 0 Å². The summed E-state index contributed by atoms with van der Waals surface area (Å²) < 4.78 is 38.4. The van der Waals surface area contributed by atoms with Crippen LogP contribution >= 0.6 is 0 Å². The second kappa shape index (κ2) is 3.00. The number of rotatable bonds is 1. The van der Waals surface area contributed by atoms with Gasteiger partial charge >= 0.3 is 6.36 Å². The first-order valence-electron chi connectivity index (χ1n) is 3.09. The van der Waals surface area contributed by atoms with Crippen LogP contribution in [0.2, 0.25) is 0 Å². The van der Waals surface area contributed by atoms with E-state index in [-0.39, 0.29) is 0 Å². The fourth-order valence-corrected chi connectivity index (χ4v) is 0.659. The Hall–Kier alpha value is -1.66. The maximum atomic E-state index is 11.7. The highest BCUT2D eigenvalue weighted by atomic mass is 19.4. The lowest BCUT2D eigenvalue weighted by molar-refractivity contribution is -0.275. The minimum Gasteiger partial charge on any atom is -0.502 e. The maximum Gasteiger partial charge on any atom is 0.573 e. The van der Waals surface area contributed by atoms with Gasteiger partial charge in [-0.25, -0.2) is 4.98 Å². The van der Waals surface area contributed by atoms with Gasteiger partial charge in [-0.15, -0.1) is 13.2 Å². The molecule has 0 saturated heterocycles. The molecule has 1 heterocycles. The van der Waals surface area contributed by atoms with Gasteiger partial charge in [0, 0.05) is 12.3 Å². The molecule has 1 rings (SSSR count). The van der Waals surface area contributed by atoms with Gasteiger partial charge in [0.05, 0.1) is 0 Å². The summed E-state index contributed by atoms with van der Waals surface area (Å²) in [5.74, 6) is -2.00. The number of nitrogen functional groups attached to an aromatic ring is 1. The van der Waals surface area contributed by atoms with Gasteiger partial charge in [-0.05, 0) is 0 Å². The smallest absolute Gasteiger partial charge is 0.502 e. The number of hydrogen-bond donors (Lipinski definition) is 2. The third kappa shape index (κ3) is 2.39. The lowest BCUT2D eigenvalue weighted by atomic mass is 10.4. The van der Waals surface area contributed by atoms with E-state index in [2.05, 4.69) is 9.72 Å². The Kier molecular flexibility index (Phi) is 2.18. The predicted molar refractivity (Wildman–Crippen MR) is 37.0 cm³/mol. The van der Waals surface area contributed by atoms with Gasteiger partial charge in [-0.3, -0.25) is 0 Å². The minimum atomic E-state index is -4.86. The number of pyridine rings is 1. The molecule has 0 bridgehead atoms. The van der Waals surface area contributed by atoms with Crippen molar-refractivity contribution in [1.82, 2.24) is 4.98 Å². The summed E-state index contributed by atoms with van der Waals surface area (Å²) >= 11 is 0. The molecule has 0 amide bonds. The molecule has 7 heteroatoms. The molecule has 0 saturated carbocycles. The molecule has 1 aromatic rings. The highest BCUT2D eigenvalue weighted by Crippen LogP contribution is 2.33. The quantitative estimate of drug-likeness (QED) is 0.706. The van der Waals surface area contributed by atoms with E-state index in [0.29, 0.717) is 0 Å². The van der Waals surface area contributed by atoms with Crippen molar-refractivity contribution in [1.29, 1.82) is 0 Å². The van der Waals surface area contributed by atoms with Gasteiger partial charge in [0.15, 0.2) is 11.6 Å². The molecule has 0 fully saturated rings. The number of aromatic nitrogens is 1. The molecular formula is C6H5F3N2O2. The zero-order chi connectivity index (χ0) is 10.1. The van der Waals surface area contributed by atoms with E-state index >= 15 is 0 Å². The average Bonchev–Trinajstić information content (AvgIpc) is 1.96. The highest BCUT2D eigenvalue weighted by molar-refractivity contribution is 5.53. The second-order valence-electron chi connectivity index (χ2n) is 2.09. The summed E-state index contributed by atoms with van der Waals surface area (Å²) in [6, 6.07) is 0.860. The Labute approximate surface area is 70.8 Å². The minimum absolute atomic E-state index is 0.415. The molecule has 0 unspecified atom stereocenters. The van der Waals surface area contributed by atoms with Crippen molar-refractivity contribution < 1.29 is 23.0 Å². The molecule has 0 aliphatic carbocycles. The second-order valence-corrected chi connectivity index (χ2v) is 2.09. The summed E-state index contributed by atoms with van der Waals surface area (Å²) in [5, 5.41) is 8.95. The van der Waals surface area contributed by atoms with Crippen LogP contribution in [0.4, 0.5) is 19.0 Å². The van der Waals surface area contributed by atoms with Crippen molar-refractivity contribution in [2.45, 2.75) is 6.36 Å². The van der Waals surface area contributed by atoms with Crippen LogP contribution in [0.1, 0.15) is 0 Å². The fraction of sp³-hybridized carbons (Fsp3) is 0.167. The average molecular weight is 194 g/mol. The number of alkyl halides is 3. The Morgan fingerprint density at radius 1 is 1.46 bits per heavy atom. The van der Waals surface area contributed by atoms with Crippen molar-refractivity contribution in [3.63, 3.8) is 0 Å². The van der Waals surface area contributed by atoms with Crippen LogP contribution in [0.25, 0.3) is 0 Å². The molecule has 0 radical (unpaired) electrons. The largest absolute Gasteiger partial charge is 0.573 e. The molecule has 4 nitrogen and oxygen atoms in total. The highest BCUT2D eigenvalue weighted by Gasteiger charge is 2.32.